The van der Waals surface area contributed by atoms with Crippen LogP contribution >= 0.6 is 0 Å². The molecular weight excluding hydrogens is 244 g/mol. The maximum atomic E-state index is 11.3. The molecule has 2 aromatic rings. The third kappa shape index (κ3) is 2.87. The Bertz CT molecular complexity index is 574. The molecule has 19 heavy (non-hydrogen) atoms. The summed E-state index contributed by atoms with van der Waals surface area (Å²) in [5, 5.41) is 17.8. The van der Waals surface area contributed by atoms with Crippen LogP contribution in [0.4, 0.5) is 11.5 Å². The lowest BCUT2D eigenvalue weighted by Gasteiger charge is -2.04. The molecule has 2 aromatic heterocycles. The van der Waals surface area contributed by atoms with Gasteiger partial charge in [-0.2, -0.15) is 5.10 Å². The Hall–Kier alpha value is -2.44. The molecule has 2 rings (SSSR count). The Morgan fingerprint density at radius 1 is 1.37 bits per heavy atom. The number of hydrogen-bond donors (Lipinski definition) is 2. The molecule has 0 saturated heterocycles. The number of amides is 1. The number of carbonyl (C=O) groups is 1. The minimum absolute atomic E-state index is 0.255. The summed E-state index contributed by atoms with van der Waals surface area (Å²) in [6, 6.07) is 3.33. The van der Waals surface area contributed by atoms with Gasteiger partial charge in [0.25, 0.3) is 5.91 Å². The molecule has 7 heteroatoms. The predicted molar refractivity (Wildman–Crippen MR) is 71.3 cm³/mol. The fraction of sp³-hybridized carbons (Fsp3) is 0.333. The molecule has 0 aliphatic heterocycles. The molecule has 0 radical (unpaired) electrons. The minimum Gasteiger partial charge on any atom is -0.354 e. The highest BCUT2D eigenvalue weighted by Gasteiger charge is 2.08. The smallest absolute Gasteiger partial charge is 0.271 e. The average molecular weight is 260 g/mol. The van der Waals surface area contributed by atoms with Crippen LogP contribution in [0.1, 0.15) is 23.1 Å². The normalized spacial score (nSPS) is 10.3. The summed E-state index contributed by atoms with van der Waals surface area (Å²) in [5.41, 5.74) is 2.14. The molecule has 0 aliphatic rings. The number of rotatable bonds is 4. The zero-order valence-corrected chi connectivity index (χ0v) is 11.1. The van der Waals surface area contributed by atoms with E-state index in [0.717, 1.165) is 17.8 Å². The van der Waals surface area contributed by atoms with Crippen molar-refractivity contribution in [3.63, 3.8) is 0 Å². The molecule has 0 unspecified atom stereocenters. The number of aromatic nitrogens is 4. The number of nitrogens with zero attached hydrogens (tertiary/aromatic N) is 4. The number of anilines is 2. The van der Waals surface area contributed by atoms with Crippen LogP contribution in [0.2, 0.25) is 0 Å². The van der Waals surface area contributed by atoms with Crippen LogP contribution in [-0.2, 0) is 13.5 Å². The molecule has 0 aliphatic carbocycles. The van der Waals surface area contributed by atoms with Crippen molar-refractivity contribution in [1.82, 2.24) is 25.3 Å². The van der Waals surface area contributed by atoms with Gasteiger partial charge in [0.1, 0.15) is 0 Å². The fourth-order valence-corrected chi connectivity index (χ4v) is 1.69. The minimum atomic E-state index is -0.255. The molecule has 2 N–H and O–H groups in total. The van der Waals surface area contributed by atoms with E-state index in [1.54, 1.807) is 23.9 Å². The van der Waals surface area contributed by atoms with Crippen molar-refractivity contribution in [2.75, 3.05) is 12.4 Å². The first kappa shape index (κ1) is 13.0. The largest absolute Gasteiger partial charge is 0.354 e. The van der Waals surface area contributed by atoms with E-state index in [-0.39, 0.29) is 11.6 Å². The molecule has 0 aromatic carbocycles. The Morgan fingerprint density at radius 2 is 2.16 bits per heavy atom. The molecule has 0 spiro atoms. The van der Waals surface area contributed by atoms with Gasteiger partial charge in [-0.3, -0.25) is 9.48 Å². The highest BCUT2D eigenvalue weighted by molar-refractivity contribution is 5.91. The first-order chi connectivity index (χ1) is 9.13. The van der Waals surface area contributed by atoms with Crippen LogP contribution in [0, 0.1) is 0 Å². The maximum Gasteiger partial charge on any atom is 0.271 e. The second-order valence-electron chi connectivity index (χ2n) is 4.02. The van der Waals surface area contributed by atoms with E-state index in [0.29, 0.717) is 5.82 Å². The molecule has 2 heterocycles. The zero-order chi connectivity index (χ0) is 13.8. The van der Waals surface area contributed by atoms with E-state index in [1.165, 1.54) is 0 Å². The number of hydrogen-bond acceptors (Lipinski definition) is 5. The first-order valence-corrected chi connectivity index (χ1v) is 5.99. The summed E-state index contributed by atoms with van der Waals surface area (Å²) >= 11 is 0. The van der Waals surface area contributed by atoms with Crippen molar-refractivity contribution in [3.05, 3.63) is 29.7 Å². The summed E-state index contributed by atoms with van der Waals surface area (Å²) in [6.45, 7) is 2.04. The van der Waals surface area contributed by atoms with Crippen LogP contribution in [0.25, 0.3) is 0 Å². The lowest BCUT2D eigenvalue weighted by Crippen LogP contribution is -2.19. The van der Waals surface area contributed by atoms with Crippen LogP contribution in [0.5, 0.6) is 0 Å². The van der Waals surface area contributed by atoms with Gasteiger partial charge in [0, 0.05) is 20.3 Å². The van der Waals surface area contributed by atoms with Crippen LogP contribution in [0.15, 0.2) is 18.3 Å². The third-order valence-electron chi connectivity index (χ3n) is 2.63. The maximum absolute atomic E-state index is 11.3. The Balaban J connectivity index is 2.17. The molecule has 1 amide bonds. The topological polar surface area (TPSA) is 84.7 Å². The SMILES string of the molecule is CCc1nn(C)cc1Nc1ccc(C(=O)NC)nn1. The molecule has 7 nitrogen and oxygen atoms in total. The van der Waals surface area contributed by atoms with Gasteiger partial charge in [-0.15, -0.1) is 10.2 Å². The molecule has 100 valence electrons. The highest BCUT2D eigenvalue weighted by Crippen LogP contribution is 2.18. The molecule has 0 fully saturated rings. The number of aryl methyl sites for hydroxylation is 2. The molecule has 0 bridgehead atoms. The van der Waals surface area contributed by atoms with Gasteiger partial charge in [-0.25, -0.2) is 0 Å². The van der Waals surface area contributed by atoms with Crippen molar-refractivity contribution in [3.8, 4) is 0 Å². The second-order valence-corrected chi connectivity index (χ2v) is 4.02. The Labute approximate surface area is 111 Å². The standard InChI is InChI=1S/C12H16N6O/c1-4-8-10(7-18(3)17-8)14-11-6-5-9(15-16-11)12(19)13-2/h5-7H,4H2,1-3H3,(H,13,19)(H,14,16). The summed E-state index contributed by atoms with van der Waals surface area (Å²) < 4.78 is 1.74. The van der Waals surface area contributed by atoms with Gasteiger partial charge in [0.2, 0.25) is 0 Å². The monoisotopic (exact) mass is 260 g/mol. The van der Waals surface area contributed by atoms with Gasteiger partial charge >= 0.3 is 0 Å². The Morgan fingerprint density at radius 3 is 2.74 bits per heavy atom. The third-order valence-corrected chi connectivity index (χ3v) is 2.63. The predicted octanol–water partition coefficient (Wildman–Crippen LogP) is 0.876. The van der Waals surface area contributed by atoms with Gasteiger partial charge < -0.3 is 10.6 Å². The summed E-state index contributed by atoms with van der Waals surface area (Å²) in [4.78, 5) is 11.3. The van der Waals surface area contributed by atoms with E-state index in [2.05, 4.69) is 25.9 Å². The molecular formula is C12H16N6O. The van der Waals surface area contributed by atoms with E-state index in [9.17, 15) is 4.79 Å². The lowest BCUT2D eigenvalue weighted by atomic mass is 10.3. The summed E-state index contributed by atoms with van der Waals surface area (Å²) in [5.74, 6) is 0.324. The zero-order valence-electron chi connectivity index (χ0n) is 11.1. The second kappa shape index (κ2) is 5.47. The van der Waals surface area contributed by atoms with Crippen molar-refractivity contribution in [2.24, 2.45) is 7.05 Å². The van der Waals surface area contributed by atoms with E-state index in [1.807, 2.05) is 20.2 Å². The van der Waals surface area contributed by atoms with Crippen molar-refractivity contribution in [1.29, 1.82) is 0 Å². The summed E-state index contributed by atoms with van der Waals surface area (Å²) in [6.07, 6.45) is 2.71. The fourth-order valence-electron chi connectivity index (χ4n) is 1.69. The lowest BCUT2D eigenvalue weighted by molar-refractivity contribution is 0.0957. The van der Waals surface area contributed by atoms with Crippen molar-refractivity contribution < 1.29 is 4.79 Å². The van der Waals surface area contributed by atoms with Gasteiger partial charge in [-0.05, 0) is 18.6 Å². The van der Waals surface area contributed by atoms with Crippen molar-refractivity contribution in [2.45, 2.75) is 13.3 Å². The van der Waals surface area contributed by atoms with E-state index in [4.69, 9.17) is 0 Å². The van der Waals surface area contributed by atoms with Crippen molar-refractivity contribution >= 4 is 17.4 Å². The highest BCUT2D eigenvalue weighted by atomic mass is 16.1. The number of nitrogens with one attached hydrogen (secondary N) is 2. The van der Waals surface area contributed by atoms with Crippen LogP contribution in [-0.4, -0.2) is 32.9 Å². The average Bonchev–Trinajstić information content (AvgIpc) is 2.78. The molecule has 0 saturated carbocycles. The summed E-state index contributed by atoms with van der Waals surface area (Å²) in [7, 11) is 3.42. The van der Waals surface area contributed by atoms with E-state index < -0.39 is 0 Å². The number of carbonyl (C=O) groups excluding carboxylic acids is 1. The Kier molecular flexibility index (Phi) is 3.74. The van der Waals surface area contributed by atoms with Gasteiger partial charge in [0.15, 0.2) is 11.5 Å². The van der Waals surface area contributed by atoms with E-state index >= 15 is 0 Å². The van der Waals surface area contributed by atoms with Gasteiger partial charge in [-0.1, -0.05) is 6.92 Å². The van der Waals surface area contributed by atoms with Crippen LogP contribution in [0.3, 0.4) is 0 Å². The quantitative estimate of drug-likeness (QED) is 0.852. The van der Waals surface area contributed by atoms with Crippen LogP contribution < -0.4 is 10.6 Å². The molecule has 0 atom stereocenters. The van der Waals surface area contributed by atoms with Gasteiger partial charge in [0.05, 0.1) is 11.4 Å². The first-order valence-electron chi connectivity index (χ1n) is 5.99.